The molecule has 0 bridgehead atoms. The lowest BCUT2D eigenvalue weighted by molar-refractivity contribution is -0.143. The maximum Gasteiger partial charge on any atom is 0.228 e. The van der Waals surface area contributed by atoms with E-state index in [1.165, 1.54) is 10.6 Å². The Bertz CT molecular complexity index is 435. The average Bonchev–Trinajstić information content (AvgIpc) is 2.11. The van der Waals surface area contributed by atoms with E-state index in [-0.39, 0.29) is 5.91 Å². The van der Waals surface area contributed by atoms with E-state index in [4.69, 9.17) is 0 Å². The second kappa shape index (κ2) is 4.49. The number of carbonyl (C=O) groups excluding carboxylic acids is 1. The van der Waals surface area contributed by atoms with Gasteiger partial charge >= 0.3 is 0 Å². The zero-order valence-corrected chi connectivity index (χ0v) is 13.0. The predicted octanol–water partition coefficient (Wildman–Crippen LogP) is 0.915. The van der Waals surface area contributed by atoms with Crippen LogP contribution < -0.4 is 0 Å². The van der Waals surface area contributed by atoms with Crippen molar-refractivity contribution in [3.8, 4) is 0 Å². The first kappa shape index (κ1) is 15.4. The molecule has 1 amide bonds. The lowest BCUT2D eigenvalue weighted by Gasteiger charge is -2.46. The van der Waals surface area contributed by atoms with Crippen LogP contribution in [0.3, 0.4) is 0 Å². The first-order valence-electron chi connectivity index (χ1n) is 6.13. The summed E-state index contributed by atoms with van der Waals surface area (Å²) in [5, 5.41) is 0. The molecule has 0 saturated carbocycles. The Morgan fingerprint density at radius 3 is 2.00 bits per heavy atom. The molecule has 0 radical (unpaired) electrons. The molecule has 0 N–H and O–H groups in total. The van der Waals surface area contributed by atoms with Crippen LogP contribution in [0.5, 0.6) is 0 Å². The number of nitrogens with zero attached hydrogens (tertiary/aromatic N) is 2. The van der Waals surface area contributed by atoms with Gasteiger partial charge in [-0.2, -0.15) is 4.31 Å². The number of carbonyl (C=O) groups is 1. The highest BCUT2D eigenvalue weighted by atomic mass is 32.2. The summed E-state index contributed by atoms with van der Waals surface area (Å²) in [6.45, 7) is 10.6. The van der Waals surface area contributed by atoms with Crippen LogP contribution in [0.4, 0.5) is 0 Å². The predicted molar refractivity (Wildman–Crippen MR) is 71.7 cm³/mol. The topological polar surface area (TPSA) is 57.7 Å². The molecule has 1 heterocycles. The summed E-state index contributed by atoms with van der Waals surface area (Å²) in [7, 11) is -3.22. The molecule has 1 aliphatic rings. The van der Waals surface area contributed by atoms with Gasteiger partial charge in [-0.15, -0.1) is 0 Å². The lowest BCUT2D eigenvalue weighted by Crippen LogP contribution is -2.62. The minimum Gasteiger partial charge on any atom is -0.339 e. The SMILES string of the molecule is CC(C)(C)C(=O)N1CCN(S(C)(=O)=O)C(C)(C)C1. The number of hydrogen-bond acceptors (Lipinski definition) is 3. The second-order valence-corrected chi connectivity index (χ2v) is 8.53. The molecule has 1 aliphatic heterocycles. The molecule has 1 saturated heterocycles. The van der Waals surface area contributed by atoms with E-state index in [2.05, 4.69) is 0 Å². The summed E-state index contributed by atoms with van der Waals surface area (Å²) < 4.78 is 24.9. The zero-order valence-electron chi connectivity index (χ0n) is 12.1. The number of sulfonamides is 1. The quantitative estimate of drug-likeness (QED) is 0.715. The summed E-state index contributed by atoms with van der Waals surface area (Å²) >= 11 is 0. The minimum absolute atomic E-state index is 0.0729. The van der Waals surface area contributed by atoms with E-state index < -0.39 is 21.0 Å². The number of piperazine rings is 1. The molecule has 18 heavy (non-hydrogen) atoms. The molecule has 0 aromatic heterocycles. The van der Waals surface area contributed by atoms with E-state index in [0.29, 0.717) is 19.6 Å². The smallest absolute Gasteiger partial charge is 0.228 e. The van der Waals surface area contributed by atoms with Crippen molar-refractivity contribution in [3.63, 3.8) is 0 Å². The van der Waals surface area contributed by atoms with Gasteiger partial charge in [0.25, 0.3) is 0 Å². The fourth-order valence-electron chi connectivity index (χ4n) is 2.40. The van der Waals surface area contributed by atoms with Crippen molar-refractivity contribution in [1.29, 1.82) is 0 Å². The average molecular weight is 276 g/mol. The van der Waals surface area contributed by atoms with Crippen LogP contribution in [0, 0.1) is 5.41 Å². The van der Waals surface area contributed by atoms with Crippen LogP contribution in [-0.4, -0.2) is 55.0 Å². The van der Waals surface area contributed by atoms with Crippen molar-refractivity contribution in [1.82, 2.24) is 9.21 Å². The molecule has 0 unspecified atom stereocenters. The van der Waals surface area contributed by atoms with Crippen LogP contribution >= 0.6 is 0 Å². The molecule has 0 aromatic rings. The van der Waals surface area contributed by atoms with E-state index in [1.807, 2.05) is 34.6 Å². The number of amides is 1. The van der Waals surface area contributed by atoms with Crippen LogP contribution in [0.25, 0.3) is 0 Å². The molecule has 0 aliphatic carbocycles. The first-order valence-corrected chi connectivity index (χ1v) is 7.98. The highest BCUT2D eigenvalue weighted by Crippen LogP contribution is 2.27. The van der Waals surface area contributed by atoms with Crippen LogP contribution in [0.15, 0.2) is 0 Å². The standard InChI is InChI=1S/C12H24N2O3S/c1-11(2,3)10(15)13-7-8-14(18(6,16)17)12(4,5)9-13/h7-9H2,1-6H3. The highest BCUT2D eigenvalue weighted by Gasteiger charge is 2.42. The van der Waals surface area contributed by atoms with E-state index in [1.54, 1.807) is 4.90 Å². The summed E-state index contributed by atoms with van der Waals surface area (Å²) in [4.78, 5) is 14.0. The molecular formula is C12H24N2O3S. The molecule has 6 heteroatoms. The van der Waals surface area contributed by atoms with Crippen LogP contribution in [-0.2, 0) is 14.8 Å². The second-order valence-electron chi connectivity index (χ2n) is 6.62. The fourth-order valence-corrected chi connectivity index (χ4v) is 3.77. The highest BCUT2D eigenvalue weighted by molar-refractivity contribution is 7.88. The van der Waals surface area contributed by atoms with Crippen molar-refractivity contribution in [2.75, 3.05) is 25.9 Å². The molecular weight excluding hydrogens is 252 g/mol. The van der Waals surface area contributed by atoms with Gasteiger partial charge in [-0.3, -0.25) is 4.79 Å². The van der Waals surface area contributed by atoms with Crippen molar-refractivity contribution in [3.05, 3.63) is 0 Å². The number of rotatable bonds is 1. The van der Waals surface area contributed by atoms with Crippen molar-refractivity contribution in [2.45, 2.75) is 40.2 Å². The Hall–Kier alpha value is -0.620. The Morgan fingerprint density at radius 2 is 1.67 bits per heavy atom. The Kier molecular flexibility index (Phi) is 3.85. The maximum atomic E-state index is 12.2. The first-order chi connectivity index (χ1) is 7.86. The molecule has 1 fully saturated rings. The van der Waals surface area contributed by atoms with E-state index >= 15 is 0 Å². The molecule has 0 atom stereocenters. The summed E-state index contributed by atoms with van der Waals surface area (Å²) in [5.74, 6) is 0.0729. The van der Waals surface area contributed by atoms with Gasteiger partial charge in [0.2, 0.25) is 15.9 Å². The van der Waals surface area contributed by atoms with Crippen molar-refractivity contribution >= 4 is 15.9 Å². The third-order valence-corrected chi connectivity index (χ3v) is 4.63. The molecule has 5 nitrogen and oxygen atoms in total. The third-order valence-electron chi connectivity index (χ3n) is 3.16. The normalized spacial score (nSPS) is 22.0. The Labute approximate surface area is 110 Å². The van der Waals surface area contributed by atoms with Gasteiger partial charge < -0.3 is 4.90 Å². The van der Waals surface area contributed by atoms with Crippen molar-refractivity contribution in [2.24, 2.45) is 5.41 Å². The molecule has 106 valence electrons. The molecule has 0 aromatic carbocycles. The maximum absolute atomic E-state index is 12.2. The Morgan fingerprint density at radius 1 is 1.17 bits per heavy atom. The van der Waals surface area contributed by atoms with Gasteiger partial charge in [0.05, 0.1) is 6.26 Å². The molecule has 1 rings (SSSR count). The van der Waals surface area contributed by atoms with Gasteiger partial charge in [0.1, 0.15) is 0 Å². The Balaban J connectivity index is 2.91. The van der Waals surface area contributed by atoms with Gasteiger partial charge in [0.15, 0.2) is 0 Å². The monoisotopic (exact) mass is 276 g/mol. The minimum atomic E-state index is -3.22. The summed E-state index contributed by atoms with van der Waals surface area (Å²) in [6, 6.07) is 0. The van der Waals surface area contributed by atoms with Crippen LogP contribution in [0.2, 0.25) is 0 Å². The van der Waals surface area contributed by atoms with Gasteiger partial charge in [-0.25, -0.2) is 8.42 Å². The van der Waals surface area contributed by atoms with E-state index in [0.717, 1.165) is 0 Å². The summed E-state index contributed by atoms with van der Waals surface area (Å²) in [6.07, 6.45) is 1.22. The number of hydrogen-bond donors (Lipinski definition) is 0. The largest absolute Gasteiger partial charge is 0.339 e. The zero-order chi connectivity index (χ0) is 14.4. The lowest BCUT2D eigenvalue weighted by atomic mass is 9.92. The van der Waals surface area contributed by atoms with Gasteiger partial charge in [-0.1, -0.05) is 20.8 Å². The molecule has 0 spiro atoms. The summed E-state index contributed by atoms with van der Waals surface area (Å²) in [5.41, 5.74) is -0.976. The van der Waals surface area contributed by atoms with E-state index in [9.17, 15) is 13.2 Å². The van der Waals surface area contributed by atoms with Gasteiger partial charge in [0, 0.05) is 30.6 Å². The van der Waals surface area contributed by atoms with Gasteiger partial charge in [-0.05, 0) is 13.8 Å². The fraction of sp³-hybridized carbons (Fsp3) is 0.917. The van der Waals surface area contributed by atoms with Crippen LogP contribution in [0.1, 0.15) is 34.6 Å². The van der Waals surface area contributed by atoms with Crippen molar-refractivity contribution < 1.29 is 13.2 Å². The third kappa shape index (κ3) is 3.23.